The Bertz CT molecular complexity index is 1070. The van der Waals surface area contributed by atoms with Gasteiger partial charge in [-0.05, 0) is 49.4 Å². The third-order valence-electron chi connectivity index (χ3n) is 4.28. The molecule has 2 N–H and O–H groups in total. The maximum atomic E-state index is 12.5. The summed E-state index contributed by atoms with van der Waals surface area (Å²) in [5.41, 5.74) is 2.86. The smallest absolute Gasteiger partial charge is 0.321 e. The molecule has 2 aromatic carbocycles. The zero-order valence-electron chi connectivity index (χ0n) is 15.4. The number of rotatable bonds is 5. The fraction of sp³-hybridized carbons (Fsp3) is 0.150. The van der Waals surface area contributed by atoms with Gasteiger partial charge in [0.2, 0.25) is 0 Å². The molecule has 6 nitrogen and oxygen atoms in total. The monoisotopic (exact) mass is 444 g/mol. The standard InChI is InChI=1S/C20H17ClN4O2S2/c1-12-11-28-20(23-12)29-17-7-4-14(10-16(17)21)24-18(26)13-2-5-15(6-3-13)25-9-8-22-19(25)27/h2-7,10-11H,8-9H2,1H3,(H,22,27)(H,24,26). The highest BCUT2D eigenvalue weighted by atomic mass is 35.5. The van der Waals surface area contributed by atoms with Crippen molar-refractivity contribution in [3.63, 3.8) is 0 Å². The van der Waals surface area contributed by atoms with Crippen LogP contribution in [0.3, 0.4) is 0 Å². The highest BCUT2D eigenvalue weighted by Crippen LogP contribution is 2.36. The molecule has 3 aromatic rings. The van der Waals surface area contributed by atoms with E-state index in [9.17, 15) is 9.59 Å². The summed E-state index contributed by atoms with van der Waals surface area (Å²) < 4.78 is 0.924. The number of carbonyl (C=O) groups is 2. The van der Waals surface area contributed by atoms with Crippen LogP contribution in [0, 0.1) is 6.92 Å². The van der Waals surface area contributed by atoms with E-state index in [-0.39, 0.29) is 11.9 Å². The predicted octanol–water partition coefficient (Wildman–Crippen LogP) is 5.04. The van der Waals surface area contributed by atoms with E-state index in [0.717, 1.165) is 20.6 Å². The van der Waals surface area contributed by atoms with E-state index < -0.39 is 0 Å². The first-order valence-electron chi connectivity index (χ1n) is 8.86. The summed E-state index contributed by atoms with van der Waals surface area (Å²) in [5, 5.41) is 8.15. The summed E-state index contributed by atoms with van der Waals surface area (Å²) in [4.78, 5) is 31.2. The summed E-state index contributed by atoms with van der Waals surface area (Å²) in [6, 6.07) is 12.2. The summed E-state index contributed by atoms with van der Waals surface area (Å²) >= 11 is 9.45. The van der Waals surface area contributed by atoms with Gasteiger partial charge in [0, 0.05) is 46.0 Å². The van der Waals surface area contributed by atoms with Crippen LogP contribution >= 0.6 is 34.7 Å². The minimum Gasteiger partial charge on any atom is -0.336 e. The van der Waals surface area contributed by atoms with E-state index in [0.29, 0.717) is 29.4 Å². The first-order valence-corrected chi connectivity index (χ1v) is 10.9. The lowest BCUT2D eigenvalue weighted by atomic mass is 10.1. The number of aromatic nitrogens is 1. The third kappa shape index (κ3) is 4.55. The number of halogens is 1. The molecule has 0 atom stereocenters. The average Bonchev–Trinajstić information content (AvgIpc) is 3.32. The molecule has 0 unspecified atom stereocenters. The maximum Gasteiger partial charge on any atom is 0.321 e. The third-order valence-corrected chi connectivity index (χ3v) is 6.84. The van der Waals surface area contributed by atoms with E-state index >= 15 is 0 Å². The normalized spacial score (nSPS) is 13.4. The Balaban J connectivity index is 1.42. The zero-order valence-corrected chi connectivity index (χ0v) is 17.8. The Hall–Kier alpha value is -2.55. The van der Waals surface area contributed by atoms with Crippen molar-refractivity contribution in [1.82, 2.24) is 10.3 Å². The van der Waals surface area contributed by atoms with Crippen LogP contribution in [-0.4, -0.2) is 30.0 Å². The molecular formula is C20H17ClN4O2S2. The van der Waals surface area contributed by atoms with Crippen molar-refractivity contribution >= 4 is 58.0 Å². The summed E-state index contributed by atoms with van der Waals surface area (Å²) in [6.07, 6.45) is 0. The van der Waals surface area contributed by atoms with Crippen molar-refractivity contribution in [3.05, 3.63) is 64.1 Å². The van der Waals surface area contributed by atoms with Crippen molar-refractivity contribution in [3.8, 4) is 0 Å². The Morgan fingerprint density at radius 3 is 2.69 bits per heavy atom. The average molecular weight is 445 g/mol. The Kier molecular flexibility index (Phi) is 5.75. The van der Waals surface area contributed by atoms with E-state index in [1.165, 1.54) is 11.8 Å². The first kappa shape index (κ1) is 19.8. The van der Waals surface area contributed by atoms with Gasteiger partial charge in [0.15, 0.2) is 4.34 Å². The van der Waals surface area contributed by atoms with Gasteiger partial charge in [-0.1, -0.05) is 23.4 Å². The fourth-order valence-electron chi connectivity index (χ4n) is 2.85. The maximum absolute atomic E-state index is 12.5. The number of benzene rings is 2. The summed E-state index contributed by atoms with van der Waals surface area (Å²) in [5.74, 6) is -0.241. The Morgan fingerprint density at radius 2 is 2.07 bits per heavy atom. The molecule has 1 aromatic heterocycles. The number of nitrogens with one attached hydrogen (secondary N) is 2. The lowest BCUT2D eigenvalue weighted by Crippen LogP contribution is -2.27. The molecule has 29 heavy (non-hydrogen) atoms. The minimum absolute atomic E-state index is 0.122. The minimum atomic E-state index is -0.241. The molecule has 2 heterocycles. The van der Waals surface area contributed by atoms with Gasteiger partial charge < -0.3 is 10.6 Å². The van der Waals surface area contributed by atoms with Crippen molar-refractivity contribution in [1.29, 1.82) is 0 Å². The topological polar surface area (TPSA) is 74.3 Å². The van der Waals surface area contributed by atoms with Crippen LogP contribution in [-0.2, 0) is 0 Å². The number of urea groups is 1. The molecule has 1 aliphatic heterocycles. The van der Waals surface area contributed by atoms with Gasteiger partial charge in [-0.25, -0.2) is 9.78 Å². The first-order chi connectivity index (χ1) is 14.0. The van der Waals surface area contributed by atoms with E-state index in [4.69, 9.17) is 11.6 Å². The highest BCUT2D eigenvalue weighted by Gasteiger charge is 2.21. The number of carbonyl (C=O) groups excluding carboxylic acids is 2. The quantitative estimate of drug-likeness (QED) is 0.578. The second kappa shape index (κ2) is 8.44. The van der Waals surface area contributed by atoms with Crippen LogP contribution in [0.25, 0.3) is 0 Å². The number of hydrogen-bond acceptors (Lipinski definition) is 5. The molecule has 0 radical (unpaired) electrons. The number of anilines is 2. The van der Waals surface area contributed by atoms with Crippen LogP contribution < -0.4 is 15.5 Å². The molecule has 148 valence electrons. The van der Waals surface area contributed by atoms with Crippen LogP contribution in [0.5, 0.6) is 0 Å². The Labute approximate surface area is 181 Å². The van der Waals surface area contributed by atoms with Crippen LogP contribution in [0.4, 0.5) is 16.2 Å². The lowest BCUT2D eigenvalue weighted by Gasteiger charge is -2.14. The van der Waals surface area contributed by atoms with Gasteiger partial charge in [0.05, 0.1) is 5.02 Å². The van der Waals surface area contributed by atoms with Gasteiger partial charge in [0.1, 0.15) is 0 Å². The molecule has 1 aliphatic rings. The van der Waals surface area contributed by atoms with Gasteiger partial charge >= 0.3 is 6.03 Å². The Morgan fingerprint density at radius 1 is 1.28 bits per heavy atom. The van der Waals surface area contributed by atoms with Crippen molar-refractivity contribution in [2.24, 2.45) is 0 Å². The number of nitrogens with zero attached hydrogens (tertiary/aromatic N) is 2. The molecule has 0 saturated carbocycles. The van der Waals surface area contributed by atoms with E-state index in [2.05, 4.69) is 15.6 Å². The largest absolute Gasteiger partial charge is 0.336 e. The fourth-order valence-corrected chi connectivity index (χ4v) is 4.94. The van der Waals surface area contributed by atoms with Gasteiger partial charge in [-0.15, -0.1) is 11.3 Å². The van der Waals surface area contributed by atoms with E-state index in [1.54, 1.807) is 46.6 Å². The predicted molar refractivity (Wildman–Crippen MR) is 118 cm³/mol. The molecule has 4 rings (SSSR count). The van der Waals surface area contributed by atoms with Crippen LogP contribution in [0.15, 0.2) is 57.1 Å². The summed E-state index contributed by atoms with van der Waals surface area (Å²) in [6.45, 7) is 3.19. The van der Waals surface area contributed by atoms with Gasteiger partial charge in [-0.3, -0.25) is 9.69 Å². The molecule has 1 fully saturated rings. The van der Waals surface area contributed by atoms with Gasteiger partial charge in [-0.2, -0.15) is 0 Å². The van der Waals surface area contributed by atoms with Crippen LogP contribution in [0.1, 0.15) is 16.1 Å². The van der Waals surface area contributed by atoms with Crippen LogP contribution in [0.2, 0.25) is 5.02 Å². The second-order valence-corrected chi connectivity index (χ2v) is 8.94. The molecule has 3 amide bonds. The molecule has 0 aliphatic carbocycles. The lowest BCUT2D eigenvalue weighted by molar-refractivity contribution is 0.102. The second-order valence-electron chi connectivity index (χ2n) is 6.39. The zero-order chi connectivity index (χ0) is 20.4. The molecule has 0 spiro atoms. The number of amides is 3. The number of thiazole rings is 1. The molecule has 1 saturated heterocycles. The summed E-state index contributed by atoms with van der Waals surface area (Å²) in [7, 11) is 0. The number of hydrogen-bond donors (Lipinski definition) is 2. The molecule has 0 bridgehead atoms. The molecular weight excluding hydrogens is 428 g/mol. The van der Waals surface area contributed by atoms with Crippen molar-refractivity contribution < 1.29 is 9.59 Å². The highest BCUT2D eigenvalue weighted by molar-refractivity contribution is 8.01. The van der Waals surface area contributed by atoms with Gasteiger partial charge in [0.25, 0.3) is 5.91 Å². The van der Waals surface area contributed by atoms with Crippen molar-refractivity contribution in [2.75, 3.05) is 23.3 Å². The number of aryl methyl sites for hydroxylation is 1. The van der Waals surface area contributed by atoms with E-state index in [1.807, 2.05) is 24.4 Å². The van der Waals surface area contributed by atoms with Crippen molar-refractivity contribution in [2.45, 2.75) is 16.2 Å². The molecule has 9 heteroatoms. The SMILES string of the molecule is Cc1csc(Sc2ccc(NC(=O)c3ccc(N4CCNC4=O)cc3)cc2Cl)n1.